The maximum absolute atomic E-state index is 13.7. The fourth-order valence-corrected chi connectivity index (χ4v) is 5.32. The van der Waals surface area contributed by atoms with Gasteiger partial charge in [-0.1, -0.05) is 39.2 Å². The molecular weight excluding hydrogens is 452 g/mol. The average molecular weight is 491 g/mol. The third kappa shape index (κ3) is 7.13. The number of methoxy groups -OCH3 is 2. The summed E-state index contributed by atoms with van der Waals surface area (Å²) < 4.78 is 39.2. The normalized spacial score (nSPS) is 12.2. The van der Waals surface area contributed by atoms with Gasteiger partial charge in [0.1, 0.15) is 6.54 Å². The van der Waals surface area contributed by atoms with Gasteiger partial charge in [-0.25, -0.2) is 8.42 Å². The lowest BCUT2D eigenvalue weighted by Crippen LogP contribution is -2.42. The van der Waals surface area contributed by atoms with E-state index in [1.165, 1.54) is 26.4 Å². The predicted octanol–water partition coefficient (Wildman–Crippen LogP) is 4.85. The zero-order valence-corrected chi connectivity index (χ0v) is 22.0. The van der Waals surface area contributed by atoms with Crippen molar-refractivity contribution in [2.24, 2.45) is 5.92 Å². The largest absolute Gasteiger partial charge is 0.493 e. The number of nitrogens with one attached hydrogen (secondary N) is 1. The van der Waals surface area contributed by atoms with Gasteiger partial charge in [0, 0.05) is 12.6 Å². The number of carbonyl (C=O) groups excluding carboxylic acids is 1. The Balaban J connectivity index is 2.39. The first-order chi connectivity index (χ1) is 16.2. The smallest absolute Gasteiger partial charge is 0.264 e. The number of amides is 1. The van der Waals surface area contributed by atoms with Crippen molar-refractivity contribution >= 4 is 21.6 Å². The summed E-state index contributed by atoms with van der Waals surface area (Å²) in [6.07, 6.45) is 4.22. The molecule has 0 bridgehead atoms. The monoisotopic (exact) mass is 490 g/mol. The highest BCUT2D eigenvalue weighted by Gasteiger charge is 2.29. The molecule has 0 spiro atoms. The Bertz CT molecular complexity index is 1050. The molecule has 0 aliphatic carbocycles. The standard InChI is InChI=1S/C26H38N2O5S/c1-7-9-10-21(8-2)17-27-26(29)18-28(22-14-19(3)13-20(4)15-22)34(30,31)23-11-12-24(32-5)25(16-23)33-6/h11-16,21H,7-10,17-18H2,1-6H3,(H,27,29)/t21-/m0/s1. The summed E-state index contributed by atoms with van der Waals surface area (Å²) in [5, 5.41) is 2.95. The second kappa shape index (κ2) is 12.6. The van der Waals surface area contributed by atoms with Crippen molar-refractivity contribution in [2.45, 2.75) is 58.3 Å². The van der Waals surface area contributed by atoms with Crippen LogP contribution in [0.15, 0.2) is 41.3 Å². The molecule has 0 saturated carbocycles. The second-order valence-corrected chi connectivity index (χ2v) is 10.5. The Hall–Kier alpha value is -2.74. The number of anilines is 1. The van der Waals surface area contributed by atoms with E-state index in [1.807, 2.05) is 19.9 Å². The maximum Gasteiger partial charge on any atom is 0.264 e. The summed E-state index contributed by atoms with van der Waals surface area (Å²) in [7, 11) is -1.12. The average Bonchev–Trinajstić information content (AvgIpc) is 2.81. The first-order valence-corrected chi connectivity index (χ1v) is 13.2. The Kier molecular flexibility index (Phi) is 10.2. The van der Waals surface area contributed by atoms with Crippen LogP contribution in [-0.2, 0) is 14.8 Å². The zero-order valence-electron chi connectivity index (χ0n) is 21.2. The number of unbranched alkanes of at least 4 members (excludes halogenated alkanes) is 1. The molecular formula is C26H38N2O5S. The highest BCUT2D eigenvalue weighted by Crippen LogP contribution is 2.32. The minimum Gasteiger partial charge on any atom is -0.493 e. The van der Waals surface area contributed by atoms with Crippen LogP contribution in [-0.4, -0.2) is 41.6 Å². The van der Waals surface area contributed by atoms with E-state index >= 15 is 0 Å². The molecule has 2 aromatic rings. The molecule has 8 heteroatoms. The fourth-order valence-electron chi connectivity index (χ4n) is 3.90. The molecule has 0 radical (unpaired) electrons. The summed E-state index contributed by atoms with van der Waals surface area (Å²) in [5.41, 5.74) is 2.27. The number of benzene rings is 2. The zero-order chi connectivity index (χ0) is 25.3. The van der Waals surface area contributed by atoms with Crippen LogP contribution in [0.2, 0.25) is 0 Å². The lowest BCUT2D eigenvalue weighted by atomic mass is 9.99. The molecule has 0 aliphatic rings. The Morgan fingerprint density at radius 3 is 2.21 bits per heavy atom. The lowest BCUT2D eigenvalue weighted by molar-refractivity contribution is -0.119. The molecule has 7 nitrogen and oxygen atoms in total. The van der Waals surface area contributed by atoms with E-state index in [2.05, 4.69) is 19.2 Å². The van der Waals surface area contributed by atoms with E-state index in [-0.39, 0.29) is 17.3 Å². The number of rotatable bonds is 13. The van der Waals surface area contributed by atoms with Crippen LogP contribution >= 0.6 is 0 Å². The summed E-state index contributed by atoms with van der Waals surface area (Å²) in [4.78, 5) is 13.0. The van der Waals surface area contributed by atoms with Crippen molar-refractivity contribution in [1.29, 1.82) is 0 Å². The van der Waals surface area contributed by atoms with Crippen LogP contribution in [0.1, 0.15) is 50.7 Å². The summed E-state index contributed by atoms with van der Waals surface area (Å²) >= 11 is 0. The van der Waals surface area contributed by atoms with Gasteiger partial charge in [-0.05, 0) is 61.6 Å². The van der Waals surface area contributed by atoms with Crippen LogP contribution in [0, 0.1) is 19.8 Å². The number of sulfonamides is 1. The molecule has 2 aromatic carbocycles. The molecule has 0 fully saturated rings. The molecule has 0 heterocycles. The van der Waals surface area contributed by atoms with Crippen LogP contribution in [0.4, 0.5) is 5.69 Å². The molecule has 0 unspecified atom stereocenters. The fraction of sp³-hybridized carbons (Fsp3) is 0.500. The predicted molar refractivity (Wildman–Crippen MR) is 136 cm³/mol. The van der Waals surface area contributed by atoms with Crippen molar-refractivity contribution in [3.05, 3.63) is 47.5 Å². The number of hydrogen-bond acceptors (Lipinski definition) is 5. The third-order valence-electron chi connectivity index (χ3n) is 5.86. The SMILES string of the molecule is CCCC[C@H](CC)CNC(=O)CN(c1cc(C)cc(C)c1)S(=O)(=O)c1ccc(OC)c(OC)c1. The van der Waals surface area contributed by atoms with E-state index in [0.717, 1.165) is 41.1 Å². The number of ether oxygens (including phenoxy) is 2. The Morgan fingerprint density at radius 1 is 1.00 bits per heavy atom. The van der Waals surface area contributed by atoms with Gasteiger partial charge in [0.2, 0.25) is 5.91 Å². The number of carbonyl (C=O) groups is 1. The first-order valence-electron chi connectivity index (χ1n) is 11.8. The summed E-state index contributed by atoms with van der Waals surface area (Å²) in [5.74, 6) is 0.768. The minimum absolute atomic E-state index is 0.0199. The Labute approximate surface area is 204 Å². The van der Waals surface area contributed by atoms with E-state index in [4.69, 9.17) is 9.47 Å². The second-order valence-electron chi connectivity index (χ2n) is 8.59. The van der Waals surface area contributed by atoms with Crippen molar-refractivity contribution in [3.8, 4) is 11.5 Å². The van der Waals surface area contributed by atoms with Crippen LogP contribution in [0.25, 0.3) is 0 Å². The Morgan fingerprint density at radius 2 is 1.65 bits per heavy atom. The molecule has 2 rings (SSSR count). The van der Waals surface area contributed by atoms with Gasteiger partial charge in [0.15, 0.2) is 11.5 Å². The van der Waals surface area contributed by atoms with Crippen LogP contribution in [0.3, 0.4) is 0 Å². The van der Waals surface area contributed by atoms with Gasteiger partial charge in [-0.3, -0.25) is 9.10 Å². The summed E-state index contributed by atoms with van der Waals surface area (Å²) in [6, 6.07) is 9.93. The highest BCUT2D eigenvalue weighted by molar-refractivity contribution is 7.92. The molecule has 34 heavy (non-hydrogen) atoms. The molecule has 0 saturated heterocycles. The van der Waals surface area contributed by atoms with Gasteiger partial charge in [0.25, 0.3) is 10.0 Å². The topological polar surface area (TPSA) is 84.9 Å². The highest BCUT2D eigenvalue weighted by atomic mass is 32.2. The van der Waals surface area contributed by atoms with Gasteiger partial charge < -0.3 is 14.8 Å². The number of nitrogens with zero attached hydrogens (tertiary/aromatic N) is 1. The number of hydrogen-bond donors (Lipinski definition) is 1. The van der Waals surface area contributed by atoms with Crippen LogP contribution < -0.4 is 19.1 Å². The van der Waals surface area contributed by atoms with Gasteiger partial charge in [-0.15, -0.1) is 0 Å². The lowest BCUT2D eigenvalue weighted by Gasteiger charge is -2.26. The van der Waals surface area contributed by atoms with Crippen molar-refractivity contribution in [2.75, 3.05) is 31.6 Å². The van der Waals surface area contributed by atoms with Gasteiger partial charge in [-0.2, -0.15) is 0 Å². The number of aryl methyl sites for hydroxylation is 2. The van der Waals surface area contributed by atoms with Gasteiger partial charge in [0.05, 0.1) is 24.8 Å². The summed E-state index contributed by atoms with van der Waals surface area (Å²) in [6.45, 7) is 8.27. The molecule has 1 N–H and O–H groups in total. The van der Waals surface area contributed by atoms with Crippen molar-refractivity contribution in [3.63, 3.8) is 0 Å². The van der Waals surface area contributed by atoms with E-state index in [0.29, 0.717) is 29.6 Å². The van der Waals surface area contributed by atoms with Crippen molar-refractivity contribution < 1.29 is 22.7 Å². The first kappa shape index (κ1) is 27.5. The maximum atomic E-state index is 13.7. The molecule has 0 aliphatic heterocycles. The van der Waals surface area contributed by atoms with Gasteiger partial charge >= 0.3 is 0 Å². The van der Waals surface area contributed by atoms with Crippen LogP contribution in [0.5, 0.6) is 11.5 Å². The molecule has 0 aromatic heterocycles. The van der Waals surface area contributed by atoms with E-state index in [9.17, 15) is 13.2 Å². The molecule has 1 amide bonds. The molecule has 1 atom stereocenters. The van der Waals surface area contributed by atoms with Crippen molar-refractivity contribution in [1.82, 2.24) is 5.32 Å². The quantitative estimate of drug-likeness (QED) is 0.434. The van der Waals surface area contributed by atoms with E-state index in [1.54, 1.807) is 18.2 Å². The molecule has 188 valence electrons. The minimum atomic E-state index is -4.06. The van der Waals surface area contributed by atoms with E-state index < -0.39 is 10.0 Å². The third-order valence-corrected chi connectivity index (χ3v) is 7.63.